The van der Waals surface area contributed by atoms with Gasteiger partial charge in [-0.3, -0.25) is 0 Å². The van der Waals surface area contributed by atoms with Gasteiger partial charge in [0.25, 0.3) is 0 Å². The van der Waals surface area contributed by atoms with Crippen molar-refractivity contribution in [2.24, 2.45) is 5.73 Å². The summed E-state index contributed by atoms with van der Waals surface area (Å²) in [5.41, 5.74) is 7.15. The molecule has 2 unspecified atom stereocenters. The van der Waals surface area contributed by atoms with Crippen molar-refractivity contribution in [1.82, 2.24) is 0 Å². The van der Waals surface area contributed by atoms with Crippen molar-refractivity contribution in [2.75, 3.05) is 6.61 Å². The summed E-state index contributed by atoms with van der Waals surface area (Å²) in [7, 11) is 0. The third-order valence-corrected chi connectivity index (χ3v) is 5.04. The average molecular weight is 265 g/mol. The zero-order valence-electron chi connectivity index (χ0n) is 11.2. The van der Waals surface area contributed by atoms with Crippen LogP contribution in [0.25, 0.3) is 0 Å². The Morgan fingerprint density at radius 1 is 1.39 bits per heavy atom. The van der Waals surface area contributed by atoms with E-state index in [0.29, 0.717) is 11.2 Å². The standard InChI is InChI=1S/C15H23NOS/c1-11(2)12-3-5-13(6-4-12)18-14-7-8-15(16,9-14)10-17/h3-6,11,14,17H,7-10,16H2,1-2H3. The van der Waals surface area contributed by atoms with E-state index in [1.807, 2.05) is 11.8 Å². The van der Waals surface area contributed by atoms with Crippen LogP contribution >= 0.6 is 11.8 Å². The molecule has 0 saturated heterocycles. The van der Waals surface area contributed by atoms with Crippen LogP contribution in [0.15, 0.2) is 29.2 Å². The summed E-state index contributed by atoms with van der Waals surface area (Å²) in [6.45, 7) is 4.53. The van der Waals surface area contributed by atoms with Crippen LogP contribution in [0.3, 0.4) is 0 Å². The zero-order valence-corrected chi connectivity index (χ0v) is 12.0. The number of hydrogen-bond donors (Lipinski definition) is 2. The quantitative estimate of drug-likeness (QED) is 0.879. The maximum atomic E-state index is 9.27. The Balaban J connectivity index is 1.94. The van der Waals surface area contributed by atoms with Gasteiger partial charge in [0.15, 0.2) is 0 Å². The lowest BCUT2D eigenvalue weighted by atomic mass is 10.0. The van der Waals surface area contributed by atoms with Crippen molar-refractivity contribution in [3.8, 4) is 0 Å². The van der Waals surface area contributed by atoms with Crippen LogP contribution in [0.5, 0.6) is 0 Å². The Labute approximate surface area is 114 Å². The predicted molar refractivity (Wildman–Crippen MR) is 78.0 cm³/mol. The predicted octanol–water partition coefficient (Wildman–Crippen LogP) is 3.14. The fraction of sp³-hybridized carbons (Fsp3) is 0.600. The van der Waals surface area contributed by atoms with Gasteiger partial charge in [0.05, 0.1) is 6.61 Å². The molecule has 0 amide bonds. The summed E-state index contributed by atoms with van der Waals surface area (Å²) in [6, 6.07) is 8.83. The number of hydrogen-bond acceptors (Lipinski definition) is 3. The van der Waals surface area contributed by atoms with Crippen molar-refractivity contribution in [3.05, 3.63) is 29.8 Å². The normalized spacial score (nSPS) is 27.9. The van der Waals surface area contributed by atoms with E-state index < -0.39 is 0 Å². The largest absolute Gasteiger partial charge is 0.394 e. The first-order valence-electron chi connectivity index (χ1n) is 6.69. The highest BCUT2D eigenvalue weighted by molar-refractivity contribution is 8.00. The highest BCUT2D eigenvalue weighted by Crippen LogP contribution is 2.39. The highest BCUT2D eigenvalue weighted by Gasteiger charge is 2.35. The average Bonchev–Trinajstić information content (AvgIpc) is 2.72. The minimum Gasteiger partial charge on any atom is -0.394 e. The van der Waals surface area contributed by atoms with E-state index in [2.05, 4.69) is 38.1 Å². The van der Waals surface area contributed by atoms with Crippen LogP contribution in [0, 0.1) is 0 Å². The molecule has 3 heteroatoms. The first kappa shape index (κ1) is 13.9. The molecule has 18 heavy (non-hydrogen) atoms. The number of aliphatic hydroxyl groups is 1. The minimum atomic E-state index is -0.338. The molecule has 1 fully saturated rings. The van der Waals surface area contributed by atoms with Crippen molar-refractivity contribution < 1.29 is 5.11 Å². The van der Waals surface area contributed by atoms with Gasteiger partial charge in [0, 0.05) is 15.7 Å². The first-order valence-corrected chi connectivity index (χ1v) is 7.57. The van der Waals surface area contributed by atoms with Gasteiger partial charge in [0.2, 0.25) is 0 Å². The molecule has 1 aliphatic carbocycles. The van der Waals surface area contributed by atoms with Gasteiger partial charge in [-0.25, -0.2) is 0 Å². The second kappa shape index (κ2) is 5.64. The third kappa shape index (κ3) is 3.28. The molecule has 0 heterocycles. The summed E-state index contributed by atoms with van der Waals surface area (Å²) in [4.78, 5) is 1.31. The van der Waals surface area contributed by atoms with Gasteiger partial charge < -0.3 is 10.8 Å². The lowest BCUT2D eigenvalue weighted by Gasteiger charge is -2.20. The molecule has 0 radical (unpaired) electrons. The maximum Gasteiger partial charge on any atom is 0.0611 e. The van der Waals surface area contributed by atoms with Crippen molar-refractivity contribution in [3.63, 3.8) is 0 Å². The monoisotopic (exact) mass is 265 g/mol. The molecule has 100 valence electrons. The Morgan fingerprint density at radius 2 is 2.06 bits per heavy atom. The molecular formula is C15H23NOS. The molecule has 2 rings (SSSR count). The van der Waals surface area contributed by atoms with Crippen LogP contribution in [-0.2, 0) is 0 Å². The van der Waals surface area contributed by atoms with Gasteiger partial charge >= 0.3 is 0 Å². The maximum absolute atomic E-state index is 9.27. The Kier molecular flexibility index (Phi) is 4.36. The summed E-state index contributed by atoms with van der Waals surface area (Å²) >= 11 is 1.90. The van der Waals surface area contributed by atoms with Crippen LogP contribution in [0.4, 0.5) is 0 Å². The molecule has 0 aromatic heterocycles. The molecule has 0 bridgehead atoms. The second-order valence-corrected chi connectivity index (χ2v) is 7.10. The van der Waals surface area contributed by atoms with Crippen molar-refractivity contribution in [1.29, 1.82) is 0 Å². The lowest BCUT2D eigenvalue weighted by Crippen LogP contribution is -2.40. The summed E-state index contributed by atoms with van der Waals surface area (Å²) in [5.74, 6) is 0.585. The summed E-state index contributed by atoms with van der Waals surface area (Å²) in [6.07, 6.45) is 2.96. The zero-order chi connectivity index (χ0) is 13.2. The molecule has 3 N–H and O–H groups in total. The Morgan fingerprint density at radius 3 is 2.56 bits per heavy atom. The molecule has 2 atom stereocenters. The molecule has 2 nitrogen and oxygen atoms in total. The summed E-state index contributed by atoms with van der Waals surface area (Å²) in [5, 5.41) is 9.82. The van der Waals surface area contributed by atoms with Crippen molar-refractivity contribution >= 4 is 11.8 Å². The fourth-order valence-electron chi connectivity index (χ4n) is 2.47. The lowest BCUT2D eigenvalue weighted by molar-refractivity contribution is 0.200. The van der Waals surface area contributed by atoms with E-state index in [-0.39, 0.29) is 12.1 Å². The molecule has 1 aromatic rings. The highest BCUT2D eigenvalue weighted by atomic mass is 32.2. The van der Waals surface area contributed by atoms with E-state index in [9.17, 15) is 5.11 Å². The van der Waals surface area contributed by atoms with Crippen LogP contribution < -0.4 is 5.73 Å². The van der Waals surface area contributed by atoms with E-state index in [0.717, 1.165) is 19.3 Å². The van der Waals surface area contributed by atoms with Gasteiger partial charge in [-0.15, -0.1) is 11.8 Å². The fourth-order valence-corrected chi connectivity index (χ4v) is 3.80. The number of thioether (sulfide) groups is 1. The van der Waals surface area contributed by atoms with Crippen LogP contribution in [0.2, 0.25) is 0 Å². The molecule has 1 aromatic carbocycles. The van der Waals surface area contributed by atoms with Gasteiger partial charge in [-0.1, -0.05) is 26.0 Å². The number of aliphatic hydroxyl groups excluding tert-OH is 1. The molecule has 1 aliphatic rings. The van der Waals surface area contributed by atoms with Crippen LogP contribution in [-0.4, -0.2) is 22.5 Å². The van der Waals surface area contributed by atoms with Crippen molar-refractivity contribution in [2.45, 2.75) is 54.7 Å². The van der Waals surface area contributed by atoms with E-state index in [1.54, 1.807) is 0 Å². The molecular weight excluding hydrogens is 242 g/mol. The van der Waals surface area contributed by atoms with Gasteiger partial charge in [-0.05, 0) is 42.9 Å². The molecule has 1 saturated carbocycles. The Hall–Kier alpha value is -0.510. The summed E-state index contributed by atoms with van der Waals surface area (Å²) < 4.78 is 0. The third-order valence-electron chi connectivity index (χ3n) is 3.76. The topological polar surface area (TPSA) is 46.2 Å². The minimum absolute atomic E-state index is 0.107. The Bertz CT molecular complexity index is 390. The SMILES string of the molecule is CC(C)c1ccc(SC2CCC(N)(CO)C2)cc1. The van der Waals surface area contributed by atoms with E-state index in [4.69, 9.17) is 5.73 Å². The van der Waals surface area contributed by atoms with E-state index in [1.165, 1.54) is 10.5 Å². The van der Waals surface area contributed by atoms with Gasteiger partial charge in [0.1, 0.15) is 0 Å². The number of nitrogens with two attached hydrogens (primary N) is 1. The molecule has 0 aliphatic heterocycles. The first-order chi connectivity index (χ1) is 8.52. The second-order valence-electron chi connectivity index (χ2n) is 5.73. The smallest absolute Gasteiger partial charge is 0.0611 e. The number of benzene rings is 1. The van der Waals surface area contributed by atoms with Crippen LogP contribution in [0.1, 0.15) is 44.6 Å². The molecule has 0 spiro atoms. The number of rotatable bonds is 4. The van der Waals surface area contributed by atoms with Gasteiger partial charge in [-0.2, -0.15) is 0 Å². The van der Waals surface area contributed by atoms with E-state index >= 15 is 0 Å².